The van der Waals surface area contributed by atoms with E-state index in [9.17, 15) is 14.7 Å². The number of ether oxygens (including phenoxy) is 1. The van der Waals surface area contributed by atoms with E-state index in [-0.39, 0.29) is 24.7 Å². The summed E-state index contributed by atoms with van der Waals surface area (Å²) >= 11 is 1.62. The molecular weight excluding hydrogens is 442 g/mol. The largest absolute Gasteiger partial charge is 0.468 e. The van der Waals surface area contributed by atoms with Crippen molar-refractivity contribution < 1.29 is 19.1 Å². The average molecular weight is 474 g/mol. The molecule has 3 heterocycles. The molecule has 1 aliphatic rings. The zero-order valence-corrected chi connectivity index (χ0v) is 20.0. The number of esters is 1. The van der Waals surface area contributed by atoms with Gasteiger partial charge in [-0.25, -0.2) is 4.98 Å². The summed E-state index contributed by atoms with van der Waals surface area (Å²) in [5.41, 5.74) is 1.05. The molecule has 0 bridgehead atoms. The minimum atomic E-state index is -0.869. The van der Waals surface area contributed by atoms with Gasteiger partial charge in [0.05, 0.1) is 24.7 Å². The second-order valence-electron chi connectivity index (χ2n) is 8.88. The fourth-order valence-corrected chi connectivity index (χ4v) is 5.71. The molecular formula is C24H31N3O5S. The molecule has 3 aromatic rings. The minimum absolute atomic E-state index is 0.0771. The number of H-pyrrole nitrogens is 1. The standard InChI is InChI=1S/C24H31N3O5S/c1-3-5-21(29)32-14-16(28)11-27(12-17-6-4-9-31-17)13-20-25-23(30)22-18-8-7-15(2)10-19(18)33-24(22)26-20/h4,6,9,15-16,28H,3,5,7-8,10-14H2,1-2H3,(H,25,26,30)/t15-,16-/m0/s1. The summed E-state index contributed by atoms with van der Waals surface area (Å²) in [6.07, 6.45) is 4.78. The molecule has 33 heavy (non-hydrogen) atoms. The van der Waals surface area contributed by atoms with Crippen molar-refractivity contribution in [1.82, 2.24) is 14.9 Å². The van der Waals surface area contributed by atoms with Gasteiger partial charge in [-0.3, -0.25) is 14.5 Å². The maximum atomic E-state index is 12.9. The van der Waals surface area contributed by atoms with Crippen molar-refractivity contribution in [2.75, 3.05) is 13.2 Å². The van der Waals surface area contributed by atoms with Crippen LogP contribution in [-0.2, 0) is 35.5 Å². The smallest absolute Gasteiger partial charge is 0.305 e. The monoisotopic (exact) mass is 473 g/mol. The van der Waals surface area contributed by atoms with E-state index in [2.05, 4.69) is 11.9 Å². The summed E-state index contributed by atoms with van der Waals surface area (Å²) < 4.78 is 10.6. The number of thiophene rings is 1. The van der Waals surface area contributed by atoms with Crippen molar-refractivity contribution in [3.05, 3.63) is 50.8 Å². The number of fused-ring (bicyclic) bond motifs is 3. The number of aryl methyl sites for hydroxylation is 1. The van der Waals surface area contributed by atoms with Crippen LogP contribution in [0.25, 0.3) is 10.2 Å². The molecule has 4 rings (SSSR count). The average Bonchev–Trinajstić information content (AvgIpc) is 3.39. The predicted octanol–water partition coefficient (Wildman–Crippen LogP) is 3.41. The lowest BCUT2D eigenvalue weighted by Crippen LogP contribution is -2.35. The van der Waals surface area contributed by atoms with Gasteiger partial charge >= 0.3 is 5.97 Å². The van der Waals surface area contributed by atoms with Gasteiger partial charge in [-0.2, -0.15) is 0 Å². The van der Waals surface area contributed by atoms with Crippen LogP contribution in [0.5, 0.6) is 0 Å². The lowest BCUT2D eigenvalue weighted by atomic mass is 9.89. The summed E-state index contributed by atoms with van der Waals surface area (Å²) in [4.78, 5) is 36.3. The molecule has 178 valence electrons. The molecule has 0 aliphatic heterocycles. The van der Waals surface area contributed by atoms with Crippen LogP contribution >= 0.6 is 11.3 Å². The zero-order valence-electron chi connectivity index (χ0n) is 19.1. The molecule has 3 aromatic heterocycles. The number of aliphatic hydroxyl groups is 1. The lowest BCUT2D eigenvalue weighted by molar-refractivity contribution is -0.147. The van der Waals surface area contributed by atoms with Crippen LogP contribution in [0.1, 0.15) is 55.1 Å². The highest BCUT2D eigenvalue weighted by Gasteiger charge is 2.24. The van der Waals surface area contributed by atoms with E-state index in [1.165, 1.54) is 4.88 Å². The minimum Gasteiger partial charge on any atom is -0.468 e. The molecule has 8 nitrogen and oxygen atoms in total. The van der Waals surface area contributed by atoms with Crippen molar-refractivity contribution in [3.8, 4) is 0 Å². The van der Waals surface area contributed by atoms with Crippen molar-refractivity contribution in [1.29, 1.82) is 0 Å². The van der Waals surface area contributed by atoms with Crippen LogP contribution in [0, 0.1) is 5.92 Å². The van der Waals surface area contributed by atoms with Crippen molar-refractivity contribution in [2.24, 2.45) is 5.92 Å². The van der Waals surface area contributed by atoms with E-state index in [1.54, 1.807) is 23.7 Å². The van der Waals surface area contributed by atoms with Crippen LogP contribution in [0.3, 0.4) is 0 Å². The number of nitrogens with zero attached hydrogens (tertiary/aromatic N) is 2. The van der Waals surface area contributed by atoms with Gasteiger partial charge in [-0.15, -0.1) is 11.3 Å². The number of aromatic nitrogens is 2. The van der Waals surface area contributed by atoms with Crippen LogP contribution < -0.4 is 5.56 Å². The van der Waals surface area contributed by atoms with Crippen LogP contribution in [0.4, 0.5) is 0 Å². The third-order valence-corrected chi connectivity index (χ3v) is 7.06. The molecule has 0 spiro atoms. The summed E-state index contributed by atoms with van der Waals surface area (Å²) in [6.45, 7) is 5.05. The van der Waals surface area contributed by atoms with Gasteiger partial charge in [-0.1, -0.05) is 13.8 Å². The molecule has 2 N–H and O–H groups in total. The molecule has 9 heteroatoms. The number of hydrogen-bond donors (Lipinski definition) is 2. The lowest BCUT2D eigenvalue weighted by Gasteiger charge is -2.23. The van der Waals surface area contributed by atoms with E-state index in [0.29, 0.717) is 37.7 Å². The first-order valence-electron chi connectivity index (χ1n) is 11.5. The van der Waals surface area contributed by atoms with E-state index in [0.717, 1.165) is 40.8 Å². The second kappa shape index (κ2) is 10.6. The third kappa shape index (κ3) is 5.90. The Morgan fingerprint density at radius 1 is 1.45 bits per heavy atom. The highest BCUT2D eigenvalue weighted by Crippen LogP contribution is 2.35. The zero-order chi connectivity index (χ0) is 23.4. The molecule has 0 radical (unpaired) electrons. The maximum absolute atomic E-state index is 12.9. The Balaban J connectivity index is 1.51. The normalized spacial score (nSPS) is 16.8. The molecule has 1 aliphatic carbocycles. The topological polar surface area (TPSA) is 109 Å². The molecule has 0 saturated carbocycles. The first kappa shape index (κ1) is 23.7. The Kier molecular flexibility index (Phi) is 7.62. The van der Waals surface area contributed by atoms with Gasteiger partial charge < -0.3 is 19.2 Å². The van der Waals surface area contributed by atoms with Crippen LogP contribution in [-0.4, -0.2) is 45.2 Å². The summed E-state index contributed by atoms with van der Waals surface area (Å²) in [7, 11) is 0. The number of rotatable bonds is 10. The maximum Gasteiger partial charge on any atom is 0.305 e. The molecule has 2 atom stereocenters. The number of carbonyl (C=O) groups is 1. The van der Waals surface area contributed by atoms with E-state index < -0.39 is 6.10 Å². The van der Waals surface area contributed by atoms with Crippen LogP contribution in [0.2, 0.25) is 0 Å². The van der Waals surface area contributed by atoms with Gasteiger partial charge in [-0.05, 0) is 49.3 Å². The number of aliphatic hydroxyl groups excluding tert-OH is 1. The SMILES string of the molecule is CCCC(=O)OC[C@@H](O)CN(Cc1nc2sc3c(c2c(=O)[nH]1)CC[C@H](C)C3)Cc1ccco1. The van der Waals surface area contributed by atoms with Crippen LogP contribution in [0.15, 0.2) is 27.6 Å². The summed E-state index contributed by atoms with van der Waals surface area (Å²) in [6, 6.07) is 3.66. The second-order valence-corrected chi connectivity index (χ2v) is 9.96. The Morgan fingerprint density at radius 2 is 2.30 bits per heavy atom. The molecule has 0 fully saturated rings. The molecule has 0 aromatic carbocycles. The predicted molar refractivity (Wildman–Crippen MR) is 126 cm³/mol. The Labute approximate surface area is 196 Å². The first-order chi connectivity index (χ1) is 15.9. The van der Waals surface area contributed by atoms with Gasteiger partial charge in [0.15, 0.2) is 0 Å². The van der Waals surface area contributed by atoms with Gasteiger partial charge in [0.2, 0.25) is 0 Å². The van der Waals surface area contributed by atoms with Crippen molar-refractivity contribution in [3.63, 3.8) is 0 Å². The highest BCUT2D eigenvalue weighted by atomic mass is 32.1. The fourth-order valence-electron chi connectivity index (χ4n) is 4.30. The number of carbonyl (C=O) groups excluding carboxylic acids is 1. The highest BCUT2D eigenvalue weighted by molar-refractivity contribution is 7.18. The van der Waals surface area contributed by atoms with Crippen molar-refractivity contribution >= 4 is 27.5 Å². The van der Waals surface area contributed by atoms with Gasteiger partial charge in [0.25, 0.3) is 5.56 Å². The first-order valence-corrected chi connectivity index (χ1v) is 12.4. The number of hydrogen-bond acceptors (Lipinski definition) is 8. The quantitative estimate of drug-likeness (QED) is 0.434. The summed E-state index contributed by atoms with van der Waals surface area (Å²) in [5, 5.41) is 11.2. The third-order valence-electron chi connectivity index (χ3n) is 5.91. The van der Waals surface area contributed by atoms with Crippen molar-refractivity contribution in [2.45, 2.75) is 65.1 Å². The van der Waals surface area contributed by atoms with E-state index in [1.807, 2.05) is 17.9 Å². The number of furan rings is 1. The number of aromatic amines is 1. The molecule has 0 amide bonds. The van der Waals surface area contributed by atoms with Gasteiger partial charge in [0.1, 0.15) is 29.1 Å². The Morgan fingerprint density at radius 3 is 3.06 bits per heavy atom. The summed E-state index contributed by atoms with van der Waals surface area (Å²) in [5.74, 6) is 1.58. The Hall–Kier alpha value is -2.49. The number of nitrogens with one attached hydrogen (secondary N) is 1. The van der Waals surface area contributed by atoms with Gasteiger partial charge in [0, 0.05) is 17.8 Å². The Bertz CT molecular complexity index is 1140. The molecule has 0 saturated heterocycles. The van der Waals surface area contributed by atoms with E-state index in [4.69, 9.17) is 14.1 Å². The fraction of sp³-hybridized carbons (Fsp3) is 0.542. The van der Waals surface area contributed by atoms with E-state index >= 15 is 0 Å². The molecule has 0 unspecified atom stereocenters.